The second-order valence-electron chi connectivity index (χ2n) is 4.50. The maximum absolute atomic E-state index is 13.2. The average molecular weight is 288 g/mol. The smallest absolute Gasteiger partial charge is 0.123 e. The number of halogens is 2. The van der Waals surface area contributed by atoms with Crippen molar-refractivity contribution in [2.24, 2.45) is 5.41 Å². The number of aliphatic hydroxyl groups is 1. The molecule has 0 radical (unpaired) electrons. The van der Waals surface area contributed by atoms with Gasteiger partial charge in [-0.1, -0.05) is 15.9 Å². The van der Waals surface area contributed by atoms with Gasteiger partial charge in [0.1, 0.15) is 5.82 Å². The van der Waals surface area contributed by atoms with Crippen molar-refractivity contribution in [2.75, 3.05) is 19.7 Å². The van der Waals surface area contributed by atoms with Crippen LogP contribution in [0, 0.1) is 11.2 Å². The monoisotopic (exact) mass is 287 g/mol. The molecule has 1 unspecified atom stereocenters. The van der Waals surface area contributed by atoms with E-state index in [1.54, 1.807) is 12.1 Å². The Balaban J connectivity index is 2.21. The van der Waals surface area contributed by atoms with E-state index in [2.05, 4.69) is 21.2 Å². The molecule has 2 nitrogen and oxygen atoms in total. The molecule has 2 N–H and O–H groups in total. The highest BCUT2D eigenvalue weighted by molar-refractivity contribution is 9.10. The zero-order valence-corrected chi connectivity index (χ0v) is 10.6. The molecule has 0 bridgehead atoms. The van der Waals surface area contributed by atoms with E-state index in [9.17, 15) is 9.50 Å². The summed E-state index contributed by atoms with van der Waals surface area (Å²) in [5.74, 6) is -0.225. The second-order valence-corrected chi connectivity index (χ2v) is 5.35. The highest BCUT2D eigenvalue weighted by Gasteiger charge is 2.33. The van der Waals surface area contributed by atoms with Gasteiger partial charge in [-0.15, -0.1) is 0 Å². The highest BCUT2D eigenvalue weighted by atomic mass is 79.9. The number of rotatable bonds is 3. The molecule has 2 rings (SSSR count). The topological polar surface area (TPSA) is 32.3 Å². The Bertz CT molecular complexity index is 377. The molecule has 1 atom stereocenters. The Morgan fingerprint density at radius 1 is 1.50 bits per heavy atom. The van der Waals surface area contributed by atoms with Gasteiger partial charge in [-0.25, -0.2) is 4.39 Å². The second kappa shape index (κ2) is 4.82. The van der Waals surface area contributed by atoms with Crippen molar-refractivity contribution in [3.63, 3.8) is 0 Å². The molecular formula is C12H15BrFNO. The lowest BCUT2D eigenvalue weighted by Gasteiger charge is -2.26. The SMILES string of the molecule is OCC1(Cc2cc(F)ccc2Br)CCNC1. The van der Waals surface area contributed by atoms with E-state index < -0.39 is 0 Å². The average Bonchev–Trinajstić information content (AvgIpc) is 2.73. The Morgan fingerprint density at radius 3 is 2.94 bits per heavy atom. The Kier molecular flexibility index (Phi) is 3.62. The van der Waals surface area contributed by atoms with Gasteiger partial charge in [-0.05, 0) is 43.1 Å². The van der Waals surface area contributed by atoms with Crippen LogP contribution in [0.1, 0.15) is 12.0 Å². The van der Waals surface area contributed by atoms with E-state index in [1.807, 2.05) is 0 Å². The lowest BCUT2D eigenvalue weighted by Crippen LogP contribution is -2.30. The fraction of sp³-hybridized carbons (Fsp3) is 0.500. The van der Waals surface area contributed by atoms with Gasteiger partial charge in [-0.2, -0.15) is 0 Å². The van der Waals surface area contributed by atoms with Crippen LogP contribution in [0.15, 0.2) is 22.7 Å². The number of nitrogens with one attached hydrogen (secondary N) is 1. The van der Waals surface area contributed by atoms with Crippen LogP contribution in [-0.4, -0.2) is 24.8 Å². The summed E-state index contributed by atoms with van der Waals surface area (Å²) >= 11 is 3.42. The minimum absolute atomic E-state index is 0.129. The van der Waals surface area contributed by atoms with Crippen molar-refractivity contribution in [2.45, 2.75) is 12.8 Å². The standard InChI is InChI=1S/C12H15BrFNO/c13-11-2-1-10(14)5-9(11)6-12(8-16)3-4-15-7-12/h1-2,5,15-16H,3-4,6-8H2. The van der Waals surface area contributed by atoms with Crippen molar-refractivity contribution >= 4 is 15.9 Å². The van der Waals surface area contributed by atoms with Crippen LogP contribution in [0.25, 0.3) is 0 Å². The van der Waals surface area contributed by atoms with Crippen LogP contribution < -0.4 is 5.32 Å². The Morgan fingerprint density at radius 2 is 2.31 bits per heavy atom. The molecule has 1 aliphatic rings. The number of hydrogen-bond donors (Lipinski definition) is 2. The van der Waals surface area contributed by atoms with E-state index >= 15 is 0 Å². The molecule has 1 heterocycles. The third-order valence-electron chi connectivity index (χ3n) is 3.24. The zero-order chi connectivity index (χ0) is 11.6. The van der Waals surface area contributed by atoms with Gasteiger partial charge >= 0.3 is 0 Å². The predicted molar refractivity (Wildman–Crippen MR) is 64.8 cm³/mol. The largest absolute Gasteiger partial charge is 0.396 e. The summed E-state index contributed by atoms with van der Waals surface area (Å²) in [6.07, 6.45) is 1.64. The first-order chi connectivity index (χ1) is 7.65. The minimum atomic E-state index is -0.225. The van der Waals surface area contributed by atoms with E-state index in [4.69, 9.17) is 0 Å². The van der Waals surface area contributed by atoms with Crippen LogP contribution in [0.3, 0.4) is 0 Å². The first-order valence-electron chi connectivity index (χ1n) is 5.41. The van der Waals surface area contributed by atoms with Gasteiger partial charge < -0.3 is 10.4 Å². The Hall–Kier alpha value is -0.450. The number of hydrogen-bond acceptors (Lipinski definition) is 2. The van der Waals surface area contributed by atoms with Crippen LogP contribution in [0.4, 0.5) is 4.39 Å². The van der Waals surface area contributed by atoms with Crippen LogP contribution in [-0.2, 0) is 6.42 Å². The van der Waals surface area contributed by atoms with Gasteiger partial charge in [0.2, 0.25) is 0 Å². The van der Waals surface area contributed by atoms with Crippen molar-refractivity contribution in [1.82, 2.24) is 5.32 Å². The highest BCUT2D eigenvalue weighted by Crippen LogP contribution is 2.32. The molecule has 0 aliphatic carbocycles. The first kappa shape index (κ1) is 12.0. The fourth-order valence-electron chi connectivity index (χ4n) is 2.22. The van der Waals surface area contributed by atoms with E-state index in [0.29, 0.717) is 6.42 Å². The summed E-state index contributed by atoms with van der Waals surface area (Å²) in [6.45, 7) is 1.86. The summed E-state index contributed by atoms with van der Waals surface area (Å²) in [6, 6.07) is 4.70. The molecule has 1 aromatic rings. The van der Waals surface area contributed by atoms with Crippen LogP contribution in [0.2, 0.25) is 0 Å². The van der Waals surface area contributed by atoms with Crippen molar-refractivity contribution in [1.29, 1.82) is 0 Å². The zero-order valence-electron chi connectivity index (χ0n) is 8.97. The maximum atomic E-state index is 13.2. The molecule has 1 aliphatic heterocycles. The quantitative estimate of drug-likeness (QED) is 0.893. The van der Waals surface area contributed by atoms with Crippen LogP contribution >= 0.6 is 15.9 Å². The molecule has 1 fully saturated rings. The summed E-state index contributed by atoms with van der Waals surface area (Å²) in [5, 5.41) is 12.7. The van der Waals surface area contributed by atoms with E-state index in [-0.39, 0.29) is 17.8 Å². The maximum Gasteiger partial charge on any atom is 0.123 e. The van der Waals surface area contributed by atoms with Gasteiger partial charge in [0.05, 0.1) is 6.61 Å². The van der Waals surface area contributed by atoms with Gasteiger partial charge in [0, 0.05) is 16.4 Å². The molecule has 0 amide bonds. The summed E-state index contributed by atoms with van der Waals surface area (Å²) < 4.78 is 14.1. The van der Waals surface area contributed by atoms with E-state index in [0.717, 1.165) is 29.5 Å². The molecular weight excluding hydrogens is 273 g/mol. The normalized spacial score (nSPS) is 24.9. The van der Waals surface area contributed by atoms with Crippen LogP contribution in [0.5, 0.6) is 0 Å². The first-order valence-corrected chi connectivity index (χ1v) is 6.20. The third kappa shape index (κ3) is 2.44. The lowest BCUT2D eigenvalue weighted by atomic mass is 9.81. The number of aliphatic hydroxyl groups excluding tert-OH is 1. The van der Waals surface area contributed by atoms with Gasteiger partial charge in [0.15, 0.2) is 0 Å². The molecule has 0 aromatic heterocycles. The summed E-state index contributed by atoms with van der Waals surface area (Å²) in [5.41, 5.74) is 0.800. The number of benzene rings is 1. The minimum Gasteiger partial charge on any atom is -0.396 e. The Labute approximate surface area is 103 Å². The molecule has 16 heavy (non-hydrogen) atoms. The summed E-state index contributed by atoms with van der Waals surface area (Å²) in [4.78, 5) is 0. The summed E-state index contributed by atoms with van der Waals surface area (Å²) in [7, 11) is 0. The van der Waals surface area contributed by atoms with Crippen molar-refractivity contribution in [3.05, 3.63) is 34.1 Å². The molecule has 0 saturated carbocycles. The molecule has 1 saturated heterocycles. The fourth-order valence-corrected chi connectivity index (χ4v) is 2.61. The van der Waals surface area contributed by atoms with Gasteiger partial charge in [-0.3, -0.25) is 0 Å². The van der Waals surface area contributed by atoms with Crippen molar-refractivity contribution in [3.8, 4) is 0 Å². The molecule has 4 heteroatoms. The predicted octanol–water partition coefficient (Wildman–Crippen LogP) is 2.10. The third-order valence-corrected chi connectivity index (χ3v) is 4.01. The van der Waals surface area contributed by atoms with Gasteiger partial charge in [0.25, 0.3) is 0 Å². The molecule has 88 valence electrons. The lowest BCUT2D eigenvalue weighted by molar-refractivity contribution is 0.142. The van der Waals surface area contributed by atoms with E-state index in [1.165, 1.54) is 6.07 Å². The molecule has 1 aromatic carbocycles. The molecule has 0 spiro atoms. The van der Waals surface area contributed by atoms with Crippen molar-refractivity contribution < 1.29 is 9.50 Å².